The molecule has 1 aliphatic heterocycles. The number of hydrogen-bond acceptors (Lipinski definition) is 6. The fourth-order valence-corrected chi connectivity index (χ4v) is 3.79. The molecule has 1 aliphatic rings. The number of carbonyl (C=O) groups excluding carboxylic acids is 2. The minimum Gasteiger partial charge on any atom is -0.465 e. The number of hydrogen-bond donors (Lipinski definition) is 0. The maximum atomic E-state index is 13.5. The molecule has 8 nitrogen and oxygen atoms in total. The molecule has 3 aromatic rings. The zero-order valence-corrected chi connectivity index (χ0v) is 16.3. The van der Waals surface area contributed by atoms with Gasteiger partial charge in [0.2, 0.25) is 11.9 Å². The molecule has 8 heteroatoms. The monoisotopic (exact) mass is 394 g/mol. The maximum Gasteiger partial charge on any atom is 0.321 e. The van der Waals surface area contributed by atoms with Crippen molar-refractivity contribution in [1.29, 1.82) is 0 Å². The second-order valence-corrected chi connectivity index (χ2v) is 6.71. The van der Waals surface area contributed by atoms with Gasteiger partial charge in [-0.15, -0.1) is 0 Å². The highest BCUT2D eigenvalue weighted by Crippen LogP contribution is 2.40. The molecule has 2 aromatic heterocycles. The van der Waals surface area contributed by atoms with E-state index in [-0.39, 0.29) is 19.1 Å². The third kappa shape index (κ3) is 3.25. The van der Waals surface area contributed by atoms with Crippen LogP contribution in [0.4, 0.5) is 5.95 Å². The van der Waals surface area contributed by atoms with Gasteiger partial charge in [0.15, 0.2) is 5.92 Å². The van der Waals surface area contributed by atoms with E-state index < -0.39 is 17.9 Å². The minimum absolute atomic E-state index is 0.192. The summed E-state index contributed by atoms with van der Waals surface area (Å²) in [6.07, 6.45) is 3.33. The number of imidazole rings is 1. The van der Waals surface area contributed by atoms with Gasteiger partial charge in [-0.25, -0.2) is 4.98 Å². The molecule has 2 atom stereocenters. The van der Waals surface area contributed by atoms with Gasteiger partial charge in [-0.3, -0.25) is 19.5 Å². The van der Waals surface area contributed by atoms with Gasteiger partial charge in [0.25, 0.3) is 0 Å². The van der Waals surface area contributed by atoms with Crippen LogP contribution in [-0.4, -0.2) is 53.3 Å². The number of pyridine rings is 1. The highest BCUT2D eigenvalue weighted by molar-refractivity contribution is 6.08. The van der Waals surface area contributed by atoms with E-state index in [0.717, 1.165) is 16.6 Å². The number of aromatic nitrogens is 3. The van der Waals surface area contributed by atoms with Crippen LogP contribution in [0.5, 0.6) is 0 Å². The lowest BCUT2D eigenvalue weighted by molar-refractivity contribution is -0.153. The van der Waals surface area contributed by atoms with Crippen molar-refractivity contribution in [1.82, 2.24) is 14.5 Å². The average molecular weight is 394 g/mol. The van der Waals surface area contributed by atoms with Crippen molar-refractivity contribution in [2.75, 3.05) is 31.8 Å². The number of rotatable bonds is 6. The predicted octanol–water partition coefficient (Wildman–Crippen LogP) is 2.19. The van der Waals surface area contributed by atoms with Gasteiger partial charge in [0, 0.05) is 19.5 Å². The average Bonchev–Trinajstić information content (AvgIpc) is 3.12. The van der Waals surface area contributed by atoms with Gasteiger partial charge >= 0.3 is 5.97 Å². The Hall–Kier alpha value is -3.26. The number of fused-ring (bicyclic) bond motifs is 3. The summed E-state index contributed by atoms with van der Waals surface area (Å²) in [7, 11) is 1.57. The molecule has 0 bridgehead atoms. The Kier molecular flexibility index (Phi) is 5.26. The number of esters is 1. The Morgan fingerprint density at radius 2 is 2.03 bits per heavy atom. The minimum atomic E-state index is -1.04. The largest absolute Gasteiger partial charge is 0.465 e. The highest BCUT2D eigenvalue weighted by atomic mass is 16.5. The summed E-state index contributed by atoms with van der Waals surface area (Å²) in [5, 5.41) is 0. The molecule has 0 N–H and O–H groups in total. The Labute approximate surface area is 168 Å². The molecule has 0 aliphatic carbocycles. The molecule has 0 radical (unpaired) electrons. The molecule has 4 rings (SSSR count). The van der Waals surface area contributed by atoms with Crippen LogP contribution < -0.4 is 4.90 Å². The smallest absolute Gasteiger partial charge is 0.321 e. The van der Waals surface area contributed by atoms with Crippen LogP contribution in [0.1, 0.15) is 18.5 Å². The number of methoxy groups -OCH3 is 1. The van der Waals surface area contributed by atoms with Crippen LogP contribution >= 0.6 is 0 Å². The van der Waals surface area contributed by atoms with Crippen LogP contribution in [0.2, 0.25) is 0 Å². The standard InChI is InChI=1S/C21H22N4O4/c1-3-29-20(27)17-18(14-7-6-10-22-13-14)25-16-9-5-4-8-15(16)23-21(25)24(19(17)26)11-12-28-2/h4-10,13,17-18H,3,11-12H2,1-2H3/t17-,18+/m0/s1. The number of nitrogens with zero attached hydrogens (tertiary/aromatic N) is 4. The van der Waals surface area contributed by atoms with E-state index in [1.165, 1.54) is 4.90 Å². The molecule has 0 unspecified atom stereocenters. The summed E-state index contributed by atoms with van der Waals surface area (Å²) in [4.78, 5) is 36.8. The zero-order valence-electron chi connectivity index (χ0n) is 16.3. The molecule has 150 valence electrons. The number of para-hydroxylation sites is 2. The van der Waals surface area contributed by atoms with E-state index in [2.05, 4.69) is 4.98 Å². The van der Waals surface area contributed by atoms with Gasteiger partial charge in [-0.05, 0) is 30.7 Å². The van der Waals surface area contributed by atoms with Crippen LogP contribution in [0.15, 0.2) is 48.8 Å². The SMILES string of the molecule is CCOC(=O)[C@@H]1C(=O)N(CCOC)c2nc3ccccc3n2[C@@H]1c1cccnc1. The summed E-state index contributed by atoms with van der Waals surface area (Å²) in [5.41, 5.74) is 2.33. The van der Waals surface area contributed by atoms with Crippen molar-refractivity contribution in [3.63, 3.8) is 0 Å². The Balaban J connectivity index is 1.97. The van der Waals surface area contributed by atoms with E-state index in [1.54, 1.807) is 32.5 Å². The van der Waals surface area contributed by atoms with Crippen molar-refractivity contribution in [3.05, 3.63) is 54.4 Å². The molecular weight excluding hydrogens is 372 g/mol. The third-order valence-electron chi connectivity index (χ3n) is 5.03. The fraction of sp³-hybridized carbons (Fsp3) is 0.333. The number of anilines is 1. The molecule has 0 saturated heterocycles. The lowest BCUT2D eigenvalue weighted by Crippen LogP contribution is -2.51. The van der Waals surface area contributed by atoms with Gasteiger partial charge in [-0.2, -0.15) is 0 Å². The van der Waals surface area contributed by atoms with Crippen molar-refractivity contribution in [2.45, 2.75) is 13.0 Å². The normalized spacial score (nSPS) is 18.7. The lowest BCUT2D eigenvalue weighted by atomic mass is 9.90. The van der Waals surface area contributed by atoms with Crippen molar-refractivity contribution in [3.8, 4) is 0 Å². The van der Waals surface area contributed by atoms with Gasteiger partial charge in [-0.1, -0.05) is 18.2 Å². The van der Waals surface area contributed by atoms with E-state index in [9.17, 15) is 9.59 Å². The van der Waals surface area contributed by atoms with Gasteiger partial charge < -0.3 is 14.0 Å². The topological polar surface area (TPSA) is 86.5 Å². The quantitative estimate of drug-likeness (QED) is 0.471. The summed E-state index contributed by atoms with van der Waals surface area (Å²) < 4.78 is 12.4. The Morgan fingerprint density at radius 1 is 1.21 bits per heavy atom. The molecule has 0 fully saturated rings. The number of benzene rings is 1. The first-order valence-corrected chi connectivity index (χ1v) is 9.51. The van der Waals surface area contributed by atoms with Crippen LogP contribution in [0.3, 0.4) is 0 Å². The van der Waals surface area contributed by atoms with Crippen LogP contribution in [-0.2, 0) is 19.1 Å². The van der Waals surface area contributed by atoms with E-state index in [4.69, 9.17) is 14.5 Å². The second-order valence-electron chi connectivity index (χ2n) is 6.71. The fourth-order valence-electron chi connectivity index (χ4n) is 3.79. The van der Waals surface area contributed by atoms with Crippen molar-refractivity contribution < 1.29 is 19.1 Å². The molecule has 3 heterocycles. The summed E-state index contributed by atoms with van der Waals surface area (Å²) >= 11 is 0. The summed E-state index contributed by atoms with van der Waals surface area (Å²) in [6.45, 7) is 2.53. The number of carbonyl (C=O) groups is 2. The van der Waals surface area contributed by atoms with E-state index >= 15 is 0 Å². The van der Waals surface area contributed by atoms with E-state index in [1.807, 2.05) is 34.9 Å². The predicted molar refractivity (Wildman–Crippen MR) is 106 cm³/mol. The summed E-state index contributed by atoms with van der Waals surface area (Å²) in [6, 6.07) is 10.7. The van der Waals surface area contributed by atoms with Crippen LogP contribution in [0, 0.1) is 5.92 Å². The van der Waals surface area contributed by atoms with Crippen molar-refractivity contribution >= 4 is 28.9 Å². The highest BCUT2D eigenvalue weighted by Gasteiger charge is 2.47. The second kappa shape index (κ2) is 8.00. The molecule has 0 spiro atoms. The lowest BCUT2D eigenvalue weighted by Gasteiger charge is -2.37. The first-order valence-electron chi connectivity index (χ1n) is 9.51. The maximum absolute atomic E-state index is 13.5. The van der Waals surface area contributed by atoms with E-state index in [0.29, 0.717) is 12.6 Å². The molecule has 29 heavy (non-hydrogen) atoms. The number of ether oxygens (including phenoxy) is 2. The van der Waals surface area contributed by atoms with Gasteiger partial charge in [0.1, 0.15) is 0 Å². The first-order chi connectivity index (χ1) is 14.2. The number of amides is 1. The molecule has 1 aromatic carbocycles. The third-order valence-corrected chi connectivity index (χ3v) is 5.03. The Morgan fingerprint density at radius 3 is 2.76 bits per heavy atom. The molecular formula is C21H22N4O4. The van der Waals surface area contributed by atoms with Crippen molar-refractivity contribution in [2.24, 2.45) is 5.92 Å². The first kappa shape index (κ1) is 19.1. The zero-order chi connectivity index (χ0) is 20.4. The molecule has 1 amide bonds. The molecule has 0 saturated carbocycles. The Bertz CT molecular complexity index is 1030. The summed E-state index contributed by atoms with van der Waals surface area (Å²) in [5.74, 6) is -1.46. The van der Waals surface area contributed by atoms with Crippen LogP contribution in [0.25, 0.3) is 11.0 Å². The van der Waals surface area contributed by atoms with Gasteiger partial charge in [0.05, 0.1) is 36.8 Å².